The minimum atomic E-state index is 0.322. The molecule has 3 heterocycles. The second-order valence-electron chi connectivity index (χ2n) is 4.52. The van der Waals surface area contributed by atoms with Gasteiger partial charge in [-0.15, -0.1) is 0 Å². The van der Waals surface area contributed by atoms with Gasteiger partial charge in [-0.25, -0.2) is 0 Å². The second kappa shape index (κ2) is 5.27. The van der Waals surface area contributed by atoms with Crippen LogP contribution in [0.15, 0.2) is 35.2 Å². The highest BCUT2D eigenvalue weighted by molar-refractivity contribution is 5.38. The largest absolute Gasteiger partial charge is 0.467 e. The van der Waals surface area contributed by atoms with Crippen molar-refractivity contribution in [1.82, 2.24) is 9.78 Å². The summed E-state index contributed by atoms with van der Waals surface area (Å²) in [6.07, 6.45) is 8.13. The van der Waals surface area contributed by atoms with Gasteiger partial charge < -0.3 is 14.5 Å². The molecule has 1 fully saturated rings. The molecule has 2 aromatic heterocycles. The molecule has 18 heavy (non-hydrogen) atoms. The van der Waals surface area contributed by atoms with E-state index in [9.17, 15) is 0 Å². The van der Waals surface area contributed by atoms with Gasteiger partial charge in [-0.2, -0.15) is 5.10 Å². The second-order valence-corrected chi connectivity index (χ2v) is 4.52. The van der Waals surface area contributed by atoms with Crippen molar-refractivity contribution in [2.75, 3.05) is 11.9 Å². The van der Waals surface area contributed by atoms with Crippen LogP contribution in [0.4, 0.5) is 5.69 Å². The highest BCUT2D eigenvalue weighted by atomic mass is 16.5. The smallest absolute Gasteiger partial charge is 0.122 e. The number of aromatic nitrogens is 2. The predicted octanol–water partition coefficient (Wildman–Crippen LogP) is 2.27. The Morgan fingerprint density at radius 1 is 1.50 bits per heavy atom. The lowest BCUT2D eigenvalue weighted by Crippen LogP contribution is -2.15. The summed E-state index contributed by atoms with van der Waals surface area (Å²) in [4.78, 5) is 0. The summed E-state index contributed by atoms with van der Waals surface area (Å²) in [6.45, 7) is 2.40. The monoisotopic (exact) mass is 247 g/mol. The maximum Gasteiger partial charge on any atom is 0.122 e. The number of ether oxygens (including phenoxy) is 1. The average molecular weight is 247 g/mol. The van der Waals surface area contributed by atoms with E-state index in [1.54, 1.807) is 6.26 Å². The van der Waals surface area contributed by atoms with Gasteiger partial charge in [0.2, 0.25) is 0 Å². The van der Waals surface area contributed by atoms with E-state index in [4.69, 9.17) is 9.15 Å². The molecule has 1 atom stereocenters. The quantitative estimate of drug-likeness (QED) is 0.880. The predicted molar refractivity (Wildman–Crippen MR) is 67.2 cm³/mol. The highest BCUT2D eigenvalue weighted by Crippen LogP contribution is 2.15. The summed E-state index contributed by atoms with van der Waals surface area (Å²) in [5, 5.41) is 7.60. The van der Waals surface area contributed by atoms with Gasteiger partial charge in [-0.05, 0) is 25.0 Å². The van der Waals surface area contributed by atoms with Crippen LogP contribution in [0.25, 0.3) is 0 Å². The van der Waals surface area contributed by atoms with E-state index < -0.39 is 0 Å². The fourth-order valence-electron chi connectivity index (χ4n) is 2.15. The number of nitrogens with one attached hydrogen (secondary N) is 1. The van der Waals surface area contributed by atoms with Gasteiger partial charge in [0.1, 0.15) is 5.76 Å². The molecular weight excluding hydrogens is 230 g/mol. The van der Waals surface area contributed by atoms with Crippen LogP contribution in [-0.4, -0.2) is 22.5 Å². The zero-order valence-corrected chi connectivity index (χ0v) is 10.2. The molecule has 96 valence electrons. The standard InChI is InChI=1S/C13H17N3O2/c1-3-12(17-5-1)8-14-11-7-15-16(9-11)10-13-4-2-6-18-13/h1,3,5,7,9,13-14H,2,4,6,8,10H2. The Balaban J connectivity index is 1.52. The van der Waals surface area contributed by atoms with E-state index in [2.05, 4.69) is 10.4 Å². The maximum atomic E-state index is 5.59. The van der Waals surface area contributed by atoms with Crippen molar-refractivity contribution in [1.29, 1.82) is 0 Å². The lowest BCUT2D eigenvalue weighted by molar-refractivity contribution is 0.0940. The van der Waals surface area contributed by atoms with Gasteiger partial charge in [-0.1, -0.05) is 0 Å². The minimum Gasteiger partial charge on any atom is -0.467 e. The molecule has 0 aliphatic carbocycles. The van der Waals surface area contributed by atoms with Gasteiger partial charge >= 0.3 is 0 Å². The van der Waals surface area contributed by atoms with Crippen LogP contribution in [0.5, 0.6) is 0 Å². The lowest BCUT2D eigenvalue weighted by Gasteiger charge is -2.08. The van der Waals surface area contributed by atoms with Crippen molar-refractivity contribution in [2.24, 2.45) is 0 Å². The van der Waals surface area contributed by atoms with Crippen LogP contribution >= 0.6 is 0 Å². The number of hydrogen-bond donors (Lipinski definition) is 1. The number of anilines is 1. The van der Waals surface area contributed by atoms with Crippen LogP contribution in [0.3, 0.4) is 0 Å². The van der Waals surface area contributed by atoms with E-state index in [1.807, 2.05) is 29.2 Å². The van der Waals surface area contributed by atoms with Gasteiger partial charge in [0.05, 0.1) is 37.3 Å². The Morgan fingerprint density at radius 3 is 3.28 bits per heavy atom. The maximum absolute atomic E-state index is 5.59. The fraction of sp³-hybridized carbons (Fsp3) is 0.462. The SMILES string of the molecule is c1coc(CNc2cnn(CC3CCCO3)c2)c1. The van der Waals surface area contributed by atoms with Crippen molar-refractivity contribution >= 4 is 5.69 Å². The summed E-state index contributed by atoms with van der Waals surface area (Å²) < 4.78 is 12.8. The molecule has 1 aliphatic rings. The Hall–Kier alpha value is -1.75. The summed E-state index contributed by atoms with van der Waals surface area (Å²) in [6, 6.07) is 3.83. The van der Waals surface area contributed by atoms with Gasteiger partial charge in [0.25, 0.3) is 0 Å². The van der Waals surface area contributed by atoms with Crippen LogP contribution in [0.1, 0.15) is 18.6 Å². The van der Waals surface area contributed by atoms with Crippen LogP contribution in [-0.2, 0) is 17.8 Å². The topological polar surface area (TPSA) is 52.2 Å². The van der Waals surface area contributed by atoms with E-state index in [1.165, 1.54) is 0 Å². The Labute approximate surface area is 106 Å². The Morgan fingerprint density at radius 2 is 2.50 bits per heavy atom. The summed E-state index contributed by atoms with van der Waals surface area (Å²) in [5.41, 5.74) is 1.00. The van der Waals surface area contributed by atoms with Crippen molar-refractivity contribution in [3.8, 4) is 0 Å². The number of hydrogen-bond acceptors (Lipinski definition) is 4. The van der Waals surface area contributed by atoms with Gasteiger partial charge in [0, 0.05) is 12.8 Å². The molecule has 3 rings (SSSR count). The molecule has 0 saturated carbocycles. The van der Waals surface area contributed by atoms with Crippen LogP contribution in [0.2, 0.25) is 0 Å². The minimum absolute atomic E-state index is 0.322. The summed E-state index contributed by atoms with van der Waals surface area (Å²) in [7, 11) is 0. The molecule has 1 aliphatic heterocycles. The molecule has 2 aromatic rings. The van der Waals surface area contributed by atoms with Crippen LogP contribution in [0, 0.1) is 0 Å². The average Bonchev–Trinajstić information content (AvgIpc) is 3.09. The number of furan rings is 1. The first-order valence-corrected chi connectivity index (χ1v) is 6.30. The molecule has 1 N–H and O–H groups in total. The molecule has 5 heteroatoms. The third kappa shape index (κ3) is 2.73. The molecule has 5 nitrogen and oxygen atoms in total. The van der Waals surface area contributed by atoms with E-state index in [0.717, 1.165) is 37.4 Å². The molecule has 0 radical (unpaired) electrons. The molecule has 0 spiro atoms. The van der Waals surface area contributed by atoms with Crippen molar-refractivity contribution in [2.45, 2.75) is 32.0 Å². The first-order valence-electron chi connectivity index (χ1n) is 6.30. The number of rotatable bonds is 5. The zero-order chi connectivity index (χ0) is 12.2. The normalized spacial score (nSPS) is 19.2. The molecular formula is C13H17N3O2. The molecule has 1 saturated heterocycles. The molecule has 0 aromatic carbocycles. The highest BCUT2D eigenvalue weighted by Gasteiger charge is 2.16. The first-order chi connectivity index (χ1) is 8.90. The van der Waals surface area contributed by atoms with Gasteiger partial charge in [0.15, 0.2) is 0 Å². The van der Waals surface area contributed by atoms with E-state index in [-0.39, 0.29) is 0 Å². The number of nitrogens with zero attached hydrogens (tertiary/aromatic N) is 2. The third-order valence-corrected chi connectivity index (χ3v) is 3.09. The van der Waals surface area contributed by atoms with Crippen LogP contribution < -0.4 is 5.32 Å². The fourth-order valence-corrected chi connectivity index (χ4v) is 2.15. The summed E-state index contributed by atoms with van der Waals surface area (Å²) in [5.74, 6) is 0.918. The third-order valence-electron chi connectivity index (χ3n) is 3.09. The lowest BCUT2D eigenvalue weighted by atomic mass is 10.2. The summed E-state index contributed by atoms with van der Waals surface area (Å²) >= 11 is 0. The van der Waals surface area contributed by atoms with E-state index in [0.29, 0.717) is 12.6 Å². The molecule has 0 bridgehead atoms. The van der Waals surface area contributed by atoms with Crippen molar-refractivity contribution in [3.63, 3.8) is 0 Å². The molecule has 0 amide bonds. The Bertz CT molecular complexity index is 472. The van der Waals surface area contributed by atoms with Crippen molar-refractivity contribution in [3.05, 3.63) is 36.5 Å². The molecule has 1 unspecified atom stereocenters. The Kier molecular flexibility index (Phi) is 3.32. The van der Waals surface area contributed by atoms with E-state index >= 15 is 0 Å². The van der Waals surface area contributed by atoms with Crippen molar-refractivity contribution < 1.29 is 9.15 Å². The first kappa shape index (κ1) is 11.3. The van der Waals surface area contributed by atoms with Gasteiger partial charge in [-0.3, -0.25) is 4.68 Å². The zero-order valence-electron chi connectivity index (χ0n) is 10.2.